The second kappa shape index (κ2) is 7.38. The van der Waals surface area contributed by atoms with Crippen LogP contribution in [-0.4, -0.2) is 25.6 Å². The molecule has 0 radical (unpaired) electrons. The van der Waals surface area contributed by atoms with E-state index in [1.165, 1.54) is 0 Å². The second-order valence-corrected chi connectivity index (χ2v) is 5.00. The summed E-state index contributed by atoms with van der Waals surface area (Å²) in [6, 6.07) is 5.83. The Balaban J connectivity index is 2.61. The normalized spacial score (nSPS) is 12.0. The summed E-state index contributed by atoms with van der Waals surface area (Å²) < 4.78 is 6.09. The topological polar surface area (TPSA) is 50.4 Å². The van der Waals surface area contributed by atoms with Crippen molar-refractivity contribution in [3.8, 4) is 5.75 Å². The lowest BCUT2D eigenvalue weighted by Crippen LogP contribution is -2.34. The predicted molar refractivity (Wildman–Crippen MR) is 77.1 cm³/mol. The molecule has 0 spiro atoms. The van der Waals surface area contributed by atoms with E-state index in [1.807, 2.05) is 25.1 Å². The Morgan fingerprint density at radius 3 is 2.83 bits per heavy atom. The molecule has 0 saturated carbocycles. The van der Waals surface area contributed by atoms with E-state index in [-0.39, 0.29) is 5.91 Å². The monoisotopic (exact) mass is 314 g/mol. The quantitative estimate of drug-likeness (QED) is 0.849. The van der Waals surface area contributed by atoms with Crippen LogP contribution in [0.15, 0.2) is 22.7 Å². The molecule has 100 valence electrons. The maximum atomic E-state index is 11.8. The molecule has 0 aliphatic carbocycles. The molecule has 1 rings (SSSR count). The Morgan fingerprint density at radius 2 is 2.22 bits per heavy atom. The number of amides is 1. The first-order chi connectivity index (χ1) is 8.56. The van der Waals surface area contributed by atoms with Crippen LogP contribution in [0.25, 0.3) is 0 Å². The van der Waals surface area contributed by atoms with E-state index in [0.29, 0.717) is 24.0 Å². The van der Waals surface area contributed by atoms with Crippen LogP contribution in [0.5, 0.6) is 5.75 Å². The molecule has 4 nitrogen and oxygen atoms in total. The van der Waals surface area contributed by atoms with Crippen LogP contribution < -0.4 is 15.4 Å². The van der Waals surface area contributed by atoms with Crippen molar-refractivity contribution in [2.45, 2.75) is 26.3 Å². The van der Waals surface area contributed by atoms with E-state index in [1.54, 1.807) is 7.11 Å². The average Bonchev–Trinajstić information content (AvgIpc) is 2.36. The Hall–Kier alpha value is -1.07. The smallest absolute Gasteiger partial charge is 0.238 e. The van der Waals surface area contributed by atoms with Crippen LogP contribution in [-0.2, 0) is 4.79 Å². The second-order valence-electron chi connectivity index (χ2n) is 4.08. The highest BCUT2D eigenvalue weighted by Crippen LogP contribution is 2.27. The number of methoxy groups -OCH3 is 1. The standard InChI is InChI=1S/C13H19BrN2O2/c1-4-9(2)15-8-13(17)16-11-7-10(14)5-6-12(11)18-3/h5-7,9,15H,4,8H2,1-3H3,(H,16,17). The zero-order valence-corrected chi connectivity index (χ0v) is 12.5. The number of carbonyl (C=O) groups excluding carboxylic acids is 1. The number of rotatable bonds is 6. The first-order valence-corrected chi connectivity index (χ1v) is 6.72. The van der Waals surface area contributed by atoms with Gasteiger partial charge in [-0.25, -0.2) is 0 Å². The van der Waals surface area contributed by atoms with Gasteiger partial charge in [-0.15, -0.1) is 0 Å². The van der Waals surface area contributed by atoms with Crippen molar-refractivity contribution in [1.82, 2.24) is 5.32 Å². The fraction of sp³-hybridized carbons (Fsp3) is 0.462. The Morgan fingerprint density at radius 1 is 1.50 bits per heavy atom. The first kappa shape index (κ1) is 15.0. The highest BCUT2D eigenvalue weighted by Gasteiger charge is 2.08. The minimum atomic E-state index is -0.0771. The number of halogens is 1. The van der Waals surface area contributed by atoms with Gasteiger partial charge in [0.1, 0.15) is 5.75 Å². The number of hydrogen-bond acceptors (Lipinski definition) is 3. The van der Waals surface area contributed by atoms with Crippen LogP contribution in [0.4, 0.5) is 5.69 Å². The van der Waals surface area contributed by atoms with Gasteiger partial charge in [0.15, 0.2) is 0 Å². The van der Waals surface area contributed by atoms with E-state index >= 15 is 0 Å². The van der Waals surface area contributed by atoms with Gasteiger partial charge in [-0.1, -0.05) is 22.9 Å². The van der Waals surface area contributed by atoms with Crippen LogP contribution in [0.3, 0.4) is 0 Å². The molecule has 0 saturated heterocycles. The van der Waals surface area contributed by atoms with E-state index in [2.05, 4.69) is 33.5 Å². The molecular weight excluding hydrogens is 296 g/mol. The molecule has 0 heterocycles. The first-order valence-electron chi connectivity index (χ1n) is 5.93. The van der Waals surface area contributed by atoms with Crippen molar-refractivity contribution < 1.29 is 9.53 Å². The summed E-state index contributed by atoms with van der Waals surface area (Å²) in [7, 11) is 1.58. The minimum Gasteiger partial charge on any atom is -0.495 e. The summed E-state index contributed by atoms with van der Waals surface area (Å²) in [6.45, 7) is 4.42. The maximum Gasteiger partial charge on any atom is 0.238 e. The molecule has 0 fully saturated rings. The van der Waals surface area contributed by atoms with E-state index < -0.39 is 0 Å². The molecule has 5 heteroatoms. The van der Waals surface area contributed by atoms with Crippen molar-refractivity contribution in [3.05, 3.63) is 22.7 Å². The van der Waals surface area contributed by atoms with Crippen molar-refractivity contribution >= 4 is 27.5 Å². The predicted octanol–water partition coefficient (Wildman–Crippen LogP) is 2.78. The van der Waals surface area contributed by atoms with E-state index in [0.717, 1.165) is 10.9 Å². The molecule has 0 bridgehead atoms. The molecule has 1 atom stereocenters. The molecule has 0 aliphatic rings. The summed E-state index contributed by atoms with van der Waals surface area (Å²) in [5.41, 5.74) is 0.669. The van der Waals surface area contributed by atoms with Gasteiger partial charge in [0.05, 0.1) is 19.3 Å². The Kier molecular flexibility index (Phi) is 6.15. The molecule has 1 unspecified atom stereocenters. The molecular formula is C13H19BrN2O2. The largest absolute Gasteiger partial charge is 0.495 e. The summed E-state index contributed by atoms with van der Waals surface area (Å²) in [5.74, 6) is 0.571. The summed E-state index contributed by atoms with van der Waals surface area (Å²) in [5, 5.41) is 5.97. The summed E-state index contributed by atoms with van der Waals surface area (Å²) in [6.07, 6.45) is 0.994. The third-order valence-electron chi connectivity index (χ3n) is 2.66. The Labute approximate surface area is 116 Å². The van der Waals surface area contributed by atoms with Crippen molar-refractivity contribution in [2.75, 3.05) is 19.0 Å². The van der Waals surface area contributed by atoms with E-state index in [9.17, 15) is 4.79 Å². The third kappa shape index (κ3) is 4.66. The SMILES string of the molecule is CCC(C)NCC(=O)Nc1cc(Br)ccc1OC. The van der Waals surface area contributed by atoms with Gasteiger partial charge in [0.25, 0.3) is 0 Å². The highest BCUT2D eigenvalue weighted by atomic mass is 79.9. The average molecular weight is 315 g/mol. The highest BCUT2D eigenvalue weighted by molar-refractivity contribution is 9.10. The van der Waals surface area contributed by atoms with Crippen LogP contribution in [0, 0.1) is 0 Å². The molecule has 1 amide bonds. The van der Waals surface area contributed by atoms with Gasteiger partial charge in [0, 0.05) is 10.5 Å². The summed E-state index contributed by atoms with van der Waals surface area (Å²) in [4.78, 5) is 11.8. The fourth-order valence-corrected chi connectivity index (χ4v) is 1.74. The fourth-order valence-electron chi connectivity index (χ4n) is 1.38. The van der Waals surface area contributed by atoms with Gasteiger partial charge in [-0.3, -0.25) is 4.79 Å². The summed E-state index contributed by atoms with van der Waals surface area (Å²) >= 11 is 3.37. The van der Waals surface area contributed by atoms with E-state index in [4.69, 9.17) is 4.74 Å². The lowest BCUT2D eigenvalue weighted by atomic mass is 10.2. The molecule has 2 N–H and O–H groups in total. The van der Waals surface area contributed by atoms with Gasteiger partial charge in [0.2, 0.25) is 5.91 Å². The van der Waals surface area contributed by atoms with Gasteiger partial charge in [-0.2, -0.15) is 0 Å². The maximum absolute atomic E-state index is 11.8. The lowest BCUT2D eigenvalue weighted by Gasteiger charge is -2.13. The number of carbonyl (C=O) groups is 1. The lowest BCUT2D eigenvalue weighted by molar-refractivity contribution is -0.115. The Bertz CT molecular complexity index is 410. The zero-order chi connectivity index (χ0) is 13.5. The number of ether oxygens (including phenoxy) is 1. The van der Waals surface area contributed by atoms with Crippen molar-refractivity contribution in [3.63, 3.8) is 0 Å². The van der Waals surface area contributed by atoms with Crippen molar-refractivity contribution in [2.24, 2.45) is 0 Å². The third-order valence-corrected chi connectivity index (χ3v) is 3.15. The van der Waals surface area contributed by atoms with Gasteiger partial charge >= 0.3 is 0 Å². The number of nitrogens with one attached hydrogen (secondary N) is 2. The van der Waals surface area contributed by atoms with Crippen LogP contribution >= 0.6 is 15.9 Å². The van der Waals surface area contributed by atoms with Crippen LogP contribution in [0.1, 0.15) is 20.3 Å². The zero-order valence-electron chi connectivity index (χ0n) is 10.9. The molecule has 0 aliphatic heterocycles. The molecule has 1 aromatic carbocycles. The van der Waals surface area contributed by atoms with Crippen LogP contribution in [0.2, 0.25) is 0 Å². The van der Waals surface area contributed by atoms with Gasteiger partial charge < -0.3 is 15.4 Å². The molecule has 0 aromatic heterocycles. The molecule has 1 aromatic rings. The number of anilines is 1. The molecule has 18 heavy (non-hydrogen) atoms. The minimum absolute atomic E-state index is 0.0771. The van der Waals surface area contributed by atoms with Gasteiger partial charge in [-0.05, 0) is 31.5 Å². The van der Waals surface area contributed by atoms with Crippen molar-refractivity contribution in [1.29, 1.82) is 0 Å². The number of benzene rings is 1. The number of hydrogen-bond donors (Lipinski definition) is 2.